The molecular weight excluding hydrogens is 251 g/mol. The van der Waals surface area contributed by atoms with Crippen LogP contribution in [0.5, 0.6) is 0 Å². The second kappa shape index (κ2) is 5.02. The van der Waals surface area contributed by atoms with Crippen LogP contribution >= 0.6 is 34.5 Å². The Labute approximate surface area is 104 Å². The first kappa shape index (κ1) is 11.7. The van der Waals surface area contributed by atoms with E-state index in [1.165, 1.54) is 17.8 Å². The summed E-state index contributed by atoms with van der Waals surface area (Å²) in [5, 5.41) is 6.09. The molecular formula is C10H14Cl2N2S. The highest BCUT2D eigenvalue weighted by molar-refractivity contribution is 7.15. The third kappa shape index (κ3) is 2.66. The van der Waals surface area contributed by atoms with Crippen molar-refractivity contribution in [3.63, 3.8) is 0 Å². The molecule has 1 atom stereocenters. The zero-order valence-electron chi connectivity index (χ0n) is 8.59. The molecule has 1 saturated heterocycles. The Balaban J connectivity index is 1.95. The molecule has 2 nitrogen and oxygen atoms in total. The third-order valence-electron chi connectivity index (χ3n) is 2.83. The SMILES string of the molecule is CNC1CCN(Cc2csc(Cl)c2Cl)C1. The molecule has 1 aliphatic heterocycles. The Morgan fingerprint density at radius 3 is 2.93 bits per heavy atom. The van der Waals surface area contributed by atoms with Crippen LogP contribution in [0.1, 0.15) is 12.0 Å². The van der Waals surface area contributed by atoms with Gasteiger partial charge in [0.25, 0.3) is 0 Å². The molecule has 0 spiro atoms. The van der Waals surface area contributed by atoms with E-state index in [0.717, 1.165) is 30.2 Å². The average molecular weight is 265 g/mol. The normalized spacial score (nSPS) is 22.5. The van der Waals surface area contributed by atoms with E-state index in [0.29, 0.717) is 10.4 Å². The van der Waals surface area contributed by atoms with Gasteiger partial charge in [-0.15, -0.1) is 11.3 Å². The van der Waals surface area contributed by atoms with Gasteiger partial charge in [-0.3, -0.25) is 4.90 Å². The first-order valence-corrected chi connectivity index (χ1v) is 6.65. The first-order valence-electron chi connectivity index (χ1n) is 5.01. The van der Waals surface area contributed by atoms with E-state index < -0.39 is 0 Å². The van der Waals surface area contributed by atoms with E-state index in [2.05, 4.69) is 15.6 Å². The number of thiophene rings is 1. The molecule has 1 aromatic heterocycles. The van der Waals surface area contributed by atoms with Crippen LogP contribution in [0, 0.1) is 0 Å². The maximum absolute atomic E-state index is 6.09. The molecule has 84 valence electrons. The van der Waals surface area contributed by atoms with Gasteiger partial charge in [-0.05, 0) is 24.4 Å². The zero-order chi connectivity index (χ0) is 10.8. The van der Waals surface area contributed by atoms with E-state index in [9.17, 15) is 0 Å². The molecule has 1 unspecified atom stereocenters. The number of nitrogens with zero attached hydrogens (tertiary/aromatic N) is 1. The number of rotatable bonds is 3. The van der Waals surface area contributed by atoms with Gasteiger partial charge in [-0.2, -0.15) is 0 Å². The summed E-state index contributed by atoms with van der Waals surface area (Å²) in [6, 6.07) is 0.623. The van der Waals surface area contributed by atoms with Crippen molar-refractivity contribution in [2.45, 2.75) is 19.0 Å². The predicted molar refractivity (Wildman–Crippen MR) is 67.1 cm³/mol. The Morgan fingerprint density at radius 2 is 2.40 bits per heavy atom. The smallest absolute Gasteiger partial charge is 0.112 e. The molecule has 2 rings (SSSR count). The highest BCUT2D eigenvalue weighted by atomic mass is 35.5. The molecule has 0 radical (unpaired) electrons. The van der Waals surface area contributed by atoms with Crippen molar-refractivity contribution in [2.24, 2.45) is 0 Å². The number of likely N-dealkylation sites (tertiary alicyclic amines) is 1. The molecule has 5 heteroatoms. The fourth-order valence-electron chi connectivity index (χ4n) is 1.91. The molecule has 0 amide bonds. The van der Waals surface area contributed by atoms with E-state index in [1.807, 2.05) is 7.05 Å². The lowest BCUT2D eigenvalue weighted by Crippen LogP contribution is -2.29. The highest BCUT2D eigenvalue weighted by Crippen LogP contribution is 2.33. The third-order valence-corrected chi connectivity index (χ3v) is 4.74. The van der Waals surface area contributed by atoms with Crippen molar-refractivity contribution in [1.29, 1.82) is 0 Å². The maximum Gasteiger partial charge on any atom is 0.112 e. The molecule has 0 saturated carbocycles. The van der Waals surface area contributed by atoms with Gasteiger partial charge >= 0.3 is 0 Å². The molecule has 0 aliphatic carbocycles. The fourth-order valence-corrected chi connectivity index (χ4v) is 3.15. The maximum atomic E-state index is 6.09. The lowest BCUT2D eigenvalue weighted by Gasteiger charge is -2.15. The van der Waals surface area contributed by atoms with Crippen LogP contribution < -0.4 is 5.32 Å². The lowest BCUT2D eigenvalue weighted by atomic mass is 10.3. The second-order valence-corrected chi connectivity index (χ2v) is 5.72. The highest BCUT2D eigenvalue weighted by Gasteiger charge is 2.22. The van der Waals surface area contributed by atoms with Gasteiger partial charge in [-0.1, -0.05) is 23.2 Å². The predicted octanol–water partition coefficient (Wildman–Crippen LogP) is 2.85. The molecule has 1 aliphatic rings. The molecule has 0 bridgehead atoms. The van der Waals surface area contributed by atoms with Crippen LogP contribution in [0.4, 0.5) is 0 Å². The van der Waals surface area contributed by atoms with E-state index in [1.54, 1.807) is 0 Å². The minimum Gasteiger partial charge on any atom is -0.316 e. The standard InChI is InChI=1S/C10H14Cl2N2S/c1-13-8-2-3-14(5-8)4-7-6-15-10(12)9(7)11/h6,8,13H,2-5H2,1H3. The second-order valence-electron chi connectivity index (χ2n) is 3.86. The summed E-state index contributed by atoms with van der Waals surface area (Å²) < 4.78 is 0.705. The number of likely N-dealkylation sites (N-methyl/N-ethyl adjacent to an activating group) is 1. The van der Waals surface area contributed by atoms with Crippen molar-refractivity contribution in [1.82, 2.24) is 10.2 Å². The summed E-state index contributed by atoms with van der Waals surface area (Å²) in [6.07, 6.45) is 1.21. The summed E-state index contributed by atoms with van der Waals surface area (Å²) in [4.78, 5) is 2.41. The molecule has 2 heterocycles. The quantitative estimate of drug-likeness (QED) is 0.904. The number of nitrogens with one attached hydrogen (secondary N) is 1. The minimum atomic E-state index is 0.623. The molecule has 1 N–H and O–H groups in total. The summed E-state index contributed by atoms with van der Waals surface area (Å²) in [5.41, 5.74) is 1.16. The average Bonchev–Trinajstić information content (AvgIpc) is 2.80. The minimum absolute atomic E-state index is 0.623. The lowest BCUT2D eigenvalue weighted by molar-refractivity contribution is 0.323. The van der Waals surface area contributed by atoms with Crippen LogP contribution in [-0.2, 0) is 6.54 Å². The van der Waals surface area contributed by atoms with Crippen LogP contribution in [0.3, 0.4) is 0 Å². The van der Waals surface area contributed by atoms with Crippen LogP contribution in [-0.4, -0.2) is 31.1 Å². The van der Waals surface area contributed by atoms with Crippen LogP contribution in [0.25, 0.3) is 0 Å². The van der Waals surface area contributed by atoms with Crippen molar-refractivity contribution >= 4 is 34.5 Å². The Kier molecular flexibility index (Phi) is 3.91. The summed E-state index contributed by atoms with van der Waals surface area (Å²) >= 11 is 13.5. The number of halogens is 2. The topological polar surface area (TPSA) is 15.3 Å². The number of hydrogen-bond acceptors (Lipinski definition) is 3. The van der Waals surface area contributed by atoms with Crippen molar-refractivity contribution in [2.75, 3.05) is 20.1 Å². The van der Waals surface area contributed by atoms with Gasteiger partial charge in [0.15, 0.2) is 0 Å². The molecule has 15 heavy (non-hydrogen) atoms. The summed E-state index contributed by atoms with van der Waals surface area (Å²) in [5.74, 6) is 0. The van der Waals surface area contributed by atoms with Crippen molar-refractivity contribution in [3.8, 4) is 0 Å². The van der Waals surface area contributed by atoms with Crippen molar-refractivity contribution in [3.05, 3.63) is 20.3 Å². The van der Waals surface area contributed by atoms with Crippen LogP contribution in [0.15, 0.2) is 5.38 Å². The van der Waals surface area contributed by atoms with E-state index in [-0.39, 0.29) is 0 Å². The van der Waals surface area contributed by atoms with Crippen LogP contribution in [0.2, 0.25) is 9.36 Å². The molecule has 0 aromatic carbocycles. The Hall–Kier alpha value is 0.200. The molecule has 1 aromatic rings. The van der Waals surface area contributed by atoms with Gasteiger partial charge in [0.05, 0.1) is 5.02 Å². The Morgan fingerprint density at radius 1 is 1.60 bits per heavy atom. The first-order chi connectivity index (χ1) is 7.20. The zero-order valence-corrected chi connectivity index (χ0v) is 10.9. The largest absolute Gasteiger partial charge is 0.316 e. The van der Waals surface area contributed by atoms with Gasteiger partial charge in [-0.25, -0.2) is 0 Å². The van der Waals surface area contributed by atoms with Gasteiger partial charge in [0.2, 0.25) is 0 Å². The summed E-state index contributed by atoms with van der Waals surface area (Å²) in [6.45, 7) is 3.15. The summed E-state index contributed by atoms with van der Waals surface area (Å²) in [7, 11) is 2.02. The monoisotopic (exact) mass is 264 g/mol. The van der Waals surface area contributed by atoms with E-state index >= 15 is 0 Å². The van der Waals surface area contributed by atoms with Gasteiger partial charge in [0.1, 0.15) is 4.34 Å². The van der Waals surface area contributed by atoms with Crippen molar-refractivity contribution < 1.29 is 0 Å². The van der Waals surface area contributed by atoms with Gasteiger partial charge in [0, 0.05) is 25.7 Å². The Bertz CT molecular complexity index is 340. The number of hydrogen-bond donors (Lipinski definition) is 1. The van der Waals surface area contributed by atoms with Gasteiger partial charge < -0.3 is 5.32 Å². The van der Waals surface area contributed by atoms with E-state index in [4.69, 9.17) is 23.2 Å². The fraction of sp³-hybridized carbons (Fsp3) is 0.600. The molecule has 1 fully saturated rings.